The van der Waals surface area contributed by atoms with E-state index in [4.69, 9.17) is 23.7 Å². The SMILES string of the molecule is O=C(NCCCOCCOCCOCCOC1CCNCC1)OCC1c2ccccc2-c2ccccc21. The Kier molecular flexibility index (Phi) is 11.7. The van der Waals surface area contributed by atoms with Crippen LogP contribution in [0.15, 0.2) is 48.5 Å². The van der Waals surface area contributed by atoms with Crippen molar-refractivity contribution in [3.63, 3.8) is 0 Å². The smallest absolute Gasteiger partial charge is 0.407 e. The first kappa shape index (κ1) is 27.5. The minimum absolute atomic E-state index is 0.0690. The minimum atomic E-state index is -0.397. The normalized spacial score (nSPS) is 15.4. The molecule has 2 aromatic rings. The van der Waals surface area contributed by atoms with Crippen molar-refractivity contribution < 1.29 is 28.5 Å². The summed E-state index contributed by atoms with van der Waals surface area (Å²) in [6.07, 6.45) is 2.84. The molecule has 0 spiro atoms. The molecule has 202 valence electrons. The van der Waals surface area contributed by atoms with E-state index in [1.165, 1.54) is 22.3 Å². The fourth-order valence-corrected chi connectivity index (χ4v) is 4.79. The summed E-state index contributed by atoms with van der Waals surface area (Å²) in [5, 5.41) is 6.14. The molecule has 0 unspecified atom stereocenters. The van der Waals surface area contributed by atoms with Crippen molar-refractivity contribution >= 4 is 6.09 Å². The summed E-state index contributed by atoms with van der Waals surface area (Å²) in [6.45, 7) is 6.83. The number of benzene rings is 2. The summed E-state index contributed by atoms with van der Waals surface area (Å²) in [5.41, 5.74) is 4.86. The van der Waals surface area contributed by atoms with Crippen molar-refractivity contribution in [2.75, 3.05) is 72.5 Å². The van der Waals surface area contributed by atoms with Gasteiger partial charge in [0.25, 0.3) is 0 Å². The number of ether oxygens (including phenoxy) is 5. The number of carbonyl (C=O) groups excluding carboxylic acids is 1. The molecule has 2 N–H and O–H groups in total. The van der Waals surface area contributed by atoms with Crippen LogP contribution in [0.25, 0.3) is 11.1 Å². The number of carbonyl (C=O) groups is 1. The van der Waals surface area contributed by atoms with Gasteiger partial charge in [0, 0.05) is 19.1 Å². The first-order chi connectivity index (χ1) is 18.3. The Bertz CT molecular complexity index is 904. The maximum absolute atomic E-state index is 12.2. The van der Waals surface area contributed by atoms with Crippen LogP contribution < -0.4 is 10.6 Å². The van der Waals surface area contributed by atoms with E-state index < -0.39 is 6.09 Å². The van der Waals surface area contributed by atoms with E-state index >= 15 is 0 Å². The van der Waals surface area contributed by atoms with Crippen LogP contribution in [-0.2, 0) is 23.7 Å². The fourth-order valence-electron chi connectivity index (χ4n) is 4.79. The molecule has 0 bridgehead atoms. The molecule has 2 aliphatic rings. The van der Waals surface area contributed by atoms with Gasteiger partial charge in [0.15, 0.2) is 0 Å². The Morgan fingerprint density at radius 3 is 2.00 bits per heavy atom. The summed E-state index contributed by atoms with van der Waals surface area (Å²) < 4.78 is 28.0. The zero-order valence-corrected chi connectivity index (χ0v) is 21.6. The highest BCUT2D eigenvalue weighted by molar-refractivity contribution is 5.79. The molecular weight excluding hydrogens is 472 g/mol. The average molecular weight is 513 g/mol. The zero-order valence-electron chi connectivity index (χ0n) is 21.6. The van der Waals surface area contributed by atoms with Gasteiger partial charge in [0.05, 0.1) is 45.7 Å². The number of rotatable bonds is 16. The van der Waals surface area contributed by atoms with Gasteiger partial charge in [-0.25, -0.2) is 4.79 Å². The lowest BCUT2D eigenvalue weighted by Gasteiger charge is -2.22. The highest BCUT2D eigenvalue weighted by Crippen LogP contribution is 2.44. The number of alkyl carbamates (subject to hydrolysis) is 1. The van der Waals surface area contributed by atoms with Crippen LogP contribution in [0.2, 0.25) is 0 Å². The molecule has 1 heterocycles. The van der Waals surface area contributed by atoms with Gasteiger partial charge >= 0.3 is 6.09 Å². The molecule has 1 amide bonds. The Morgan fingerprint density at radius 1 is 0.784 bits per heavy atom. The third kappa shape index (κ3) is 8.79. The van der Waals surface area contributed by atoms with E-state index in [0.717, 1.165) is 25.9 Å². The maximum Gasteiger partial charge on any atom is 0.407 e. The summed E-state index contributed by atoms with van der Waals surface area (Å²) in [4.78, 5) is 12.2. The molecule has 37 heavy (non-hydrogen) atoms. The minimum Gasteiger partial charge on any atom is -0.449 e. The van der Waals surface area contributed by atoms with Crippen LogP contribution in [0.3, 0.4) is 0 Å². The van der Waals surface area contributed by atoms with Crippen LogP contribution in [0, 0.1) is 0 Å². The predicted octanol–water partition coefficient (Wildman–Crippen LogP) is 3.73. The molecule has 1 aliphatic heterocycles. The highest BCUT2D eigenvalue weighted by Gasteiger charge is 2.28. The second kappa shape index (κ2) is 15.7. The standard InChI is InChI=1S/C29H40N2O6/c32-29(37-22-28-26-8-3-1-6-24(26)25-7-2-4-9-27(25)28)31-12-5-15-33-16-17-34-18-19-35-20-21-36-23-10-13-30-14-11-23/h1-4,6-9,23,28,30H,5,10-22H2,(H,31,32). The summed E-state index contributed by atoms with van der Waals surface area (Å²) in [7, 11) is 0. The first-order valence-corrected chi connectivity index (χ1v) is 13.5. The summed E-state index contributed by atoms with van der Waals surface area (Å²) >= 11 is 0. The lowest BCUT2D eigenvalue weighted by molar-refractivity contribution is -0.0252. The van der Waals surface area contributed by atoms with Crippen LogP contribution in [0.5, 0.6) is 0 Å². The van der Waals surface area contributed by atoms with Crippen molar-refractivity contribution in [1.29, 1.82) is 0 Å². The molecule has 4 rings (SSSR count). The topological polar surface area (TPSA) is 87.3 Å². The average Bonchev–Trinajstić information content (AvgIpc) is 3.26. The van der Waals surface area contributed by atoms with E-state index in [1.54, 1.807) is 0 Å². The molecule has 8 nitrogen and oxygen atoms in total. The Hall–Kier alpha value is -2.49. The lowest BCUT2D eigenvalue weighted by atomic mass is 9.98. The van der Waals surface area contributed by atoms with Gasteiger partial charge in [0.1, 0.15) is 6.61 Å². The second-order valence-electron chi connectivity index (χ2n) is 9.26. The van der Waals surface area contributed by atoms with Gasteiger partial charge in [-0.3, -0.25) is 0 Å². The number of piperidine rings is 1. The van der Waals surface area contributed by atoms with Crippen LogP contribution in [0.4, 0.5) is 4.79 Å². The largest absolute Gasteiger partial charge is 0.449 e. The molecule has 1 aliphatic carbocycles. The number of nitrogens with one attached hydrogen (secondary N) is 2. The third-order valence-corrected chi connectivity index (χ3v) is 6.69. The molecular formula is C29H40N2O6. The van der Waals surface area contributed by atoms with Crippen molar-refractivity contribution in [3.05, 3.63) is 59.7 Å². The quantitative estimate of drug-likeness (QED) is 0.332. The second-order valence-corrected chi connectivity index (χ2v) is 9.26. The van der Waals surface area contributed by atoms with Crippen LogP contribution in [-0.4, -0.2) is 84.7 Å². The Balaban J connectivity index is 0.956. The van der Waals surface area contributed by atoms with E-state index in [2.05, 4.69) is 34.9 Å². The zero-order chi connectivity index (χ0) is 25.5. The van der Waals surface area contributed by atoms with Gasteiger partial charge in [-0.15, -0.1) is 0 Å². The number of hydrogen-bond acceptors (Lipinski definition) is 7. The maximum atomic E-state index is 12.2. The molecule has 1 fully saturated rings. The Morgan fingerprint density at radius 2 is 1.35 bits per heavy atom. The molecule has 0 aromatic heterocycles. The molecule has 1 saturated heterocycles. The van der Waals surface area contributed by atoms with Crippen molar-refractivity contribution in [3.8, 4) is 11.1 Å². The van der Waals surface area contributed by atoms with Gasteiger partial charge < -0.3 is 34.3 Å². The van der Waals surface area contributed by atoms with Crippen LogP contribution in [0.1, 0.15) is 36.3 Å². The number of hydrogen-bond donors (Lipinski definition) is 2. The van der Waals surface area contributed by atoms with E-state index in [-0.39, 0.29) is 5.92 Å². The number of fused-ring (bicyclic) bond motifs is 3. The molecule has 2 aromatic carbocycles. The molecule has 0 saturated carbocycles. The van der Waals surface area contributed by atoms with E-state index in [0.29, 0.717) is 71.9 Å². The first-order valence-electron chi connectivity index (χ1n) is 13.5. The predicted molar refractivity (Wildman–Crippen MR) is 142 cm³/mol. The number of amides is 1. The molecule has 8 heteroatoms. The van der Waals surface area contributed by atoms with Crippen molar-refractivity contribution in [2.45, 2.75) is 31.3 Å². The summed E-state index contributed by atoms with van der Waals surface area (Å²) in [6, 6.07) is 16.6. The lowest BCUT2D eigenvalue weighted by Crippen LogP contribution is -2.33. The van der Waals surface area contributed by atoms with E-state index in [1.807, 2.05) is 24.3 Å². The van der Waals surface area contributed by atoms with Gasteiger partial charge in [-0.05, 0) is 54.6 Å². The van der Waals surface area contributed by atoms with Crippen molar-refractivity contribution in [1.82, 2.24) is 10.6 Å². The molecule has 0 radical (unpaired) electrons. The Labute approximate surface area is 220 Å². The fraction of sp³-hybridized carbons (Fsp3) is 0.552. The van der Waals surface area contributed by atoms with Gasteiger partial charge in [-0.1, -0.05) is 48.5 Å². The molecule has 0 atom stereocenters. The van der Waals surface area contributed by atoms with Gasteiger partial charge in [0.2, 0.25) is 0 Å². The van der Waals surface area contributed by atoms with Gasteiger partial charge in [-0.2, -0.15) is 0 Å². The third-order valence-electron chi connectivity index (χ3n) is 6.69. The van der Waals surface area contributed by atoms with E-state index in [9.17, 15) is 4.79 Å². The monoisotopic (exact) mass is 512 g/mol. The van der Waals surface area contributed by atoms with Crippen LogP contribution >= 0.6 is 0 Å². The van der Waals surface area contributed by atoms with Crippen molar-refractivity contribution in [2.24, 2.45) is 0 Å². The highest BCUT2D eigenvalue weighted by atomic mass is 16.6. The summed E-state index contributed by atoms with van der Waals surface area (Å²) in [5.74, 6) is 0.0690.